The fourth-order valence-corrected chi connectivity index (χ4v) is 2.71. The van der Waals surface area contributed by atoms with E-state index in [1.54, 1.807) is 6.07 Å². The maximum absolute atomic E-state index is 11.8. The van der Waals surface area contributed by atoms with Crippen LogP contribution < -0.4 is 16.4 Å². The van der Waals surface area contributed by atoms with Gasteiger partial charge < -0.3 is 5.32 Å². The molecule has 2 aromatic rings. The van der Waals surface area contributed by atoms with E-state index in [2.05, 4.69) is 10.4 Å². The molecule has 0 bridgehead atoms. The Morgan fingerprint density at radius 3 is 2.80 bits per heavy atom. The van der Waals surface area contributed by atoms with E-state index in [1.165, 1.54) is 11.3 Å². The third-order valence-electron chi connectivity index (χ3n) is 2.59. The topological polar surface area (TPSA) is 84.0 Å². The average molecular weight is 314 g/mol. The molecule has 0 unspecified atom stereocenters. The molecule has 6 nitrogen and oxygen atoms in total. The first kappa shape index (κ1) is 14.5. The van der Waals surface area contributed by atoms with Gasteiger partial charge in [-0.25, -0.2) is 4.68 Å². The van der Waals surface area contributed by atoms with E-state index in [-0.39, 0.29) is 18.5 Å². The van der Waals surface area contributed by atoms with E-state index < -0.39 is 11.1 Å². The van der Waals surface area contributed by atoms with Gasteiger partial charge >= 0.3 is 0 Å². The van der Waals surface area contributed by atoms with Crippen LogP contribution in [0.5, 0.6) is 0 Å². The second-order valence-electron chi connectivity index (χ2n) is 4.16. The first-order valence-electron chi connectivity index (χ1n) is 5.80. The molecule has 0 radical (unpaired) electrons. The van der Waals surface area contributed by atoms with Gasteiger partial charge in [0.05, 0.1) is 10.4 Å². The monoisotopic (exact) mass is 313 g/mol. The summed E-state index contributed by atoms with van der Waals surface area (Å²) in [7, 11) is 0. The van der Waals surface area contributed by atoms with Crippen LogP contribution in [0, 0.1) is 0 Å². The molecule has 8 heteroatoms. The number of carbonyl (C=O) groups is 1. The number of rotatable bonds is 4. The van der Waals surface area contributed by atoms with Crippen molar-refractivity contribution >= 4 is 28.8 Å². The van der Waals surface area contributed by atoms with Crippen LogP contribution in [0.3, 0.4) is 0 Å². The number of carbonyl (C=O) groups excluding carboxylic acids is 1. The van der Waals surface area contributed by atoms with Crippen molar-refractivity contribution in [3.63, 3.8) is 0 Å². The van der Waals surface area contributed by atoms with Crippen molar-refractivity contribution in [2.75, 3.05) is 0 Å². The van der Waals surface area contributed by atoms with Crippen molar-refractivity contribution in [2.24, 2.45) is 0 Å². The Labute approximate surface area is 123 Å². The molecule has 2 rings (SSSR count). The Hall–Kier alpha value is -1.86. The van der Waals surface area contributed by atoms with E-state index in [0.29, 0.717) is 4.34 Å². The molecule has 0 spiro atoms. The lowest BCUT2D eigenvalue weighted by Gasteiger charge is -2.12. The Kier molecular flexibility index (Phi) is 4.41. The van der Waals surface area contributed by atoms with Crippen LogP contribution in [0.2, 0.25) is 4.34 Å². The summed E-state index contributed by atoms with van der Waals surface area (Å²) in [5, 5.41) is 5.03. The zero-order valence-corrected chi connectivity index (χ0v) is 12.1. The van der Waals surface area contributed by atoms with Gasteiger partial charge in [-0.05, 0) is 19.1 Å². The Bertz CT molecular complexity index is 734. The van der Waals surface area contributed by atoms with E-state index in [0.717, 1.165) is 21.7 Å². The van der Waals surface area contributed by atoms with Crippen molar-refractivity contribution in [1.29, 1.82) is 0 Å². The molecule has 2 aromatic heterocycles. The SMILES string of the molecule is C[C@H](NC(=O)Cn1[nH]c(=O)ccc1=O)c1ccc(Cl)s1. The van der Waals surface area contributed by atoms with Gasteiger partial charge in [-0.2, -0.15) is 0 Å². The largest absolute Gasteiger partial charge is 0.347 e. The van der Waals surface area contributed by atoms with E-state index in [9.17, 15) is 14.4 Å². The molecular weight excluding hydrogens is 302 g/mol. The standard InChI is InChI=1S/C12H12ClN3O3S/c1-7(8-2-3-9(13)20-8)14-11(18)6-16-12(19)5-4-10(17)15-16/h2-5,7H,6H2,1H3,(H,14,18)(H,15,17)/t7-/m0/s1. The molecule has 1 atom stereocenters. The van der Waals surface area contributed by atoms with Crippen LogP contribution in [0.25, 0.3) is 0 Å². The molecule has 1 amide bonds. The van der Waals surface area contributed by atoms with Gasteiger partial charge in [0.25, 0.3) is 11.1 Å². The lowest BCUT2D eigenvalue weighted by molar-refractivity contribution is -0.122. The first-order chi connectivity index (χ1) is 9.45. The van der Waals surface area contributed by atoms with Gasteiger partial charge in [0.1, 0.15) is 6.54 Å². The summed E-state index contributed by atoms with van der Waals surface area (Å²) in [6, 6.07) is 5.60. The highest BCUT2D eigenvalue weighted by atomic mass is 35.5. The molecule has 0 saturated heterocycles. The van der Waals surface area contributed by atoms with Crippen molar-refractivity contribution in [2.45, 2.75) is 19.5 Å². The normalized spacial score (nSPS) is 12.1. The van der Waals surface area contributed by atoms with Gasteiger partial charge in [-0.1, -0.05) is 11.6 Å². The number of amides is 1. The molecule has 0 fully saturated rings. The Morgan fingerprint density at radius 2 is 2.15 bits per heavy atom. The third-order valence-corrected chi connectivity index (χ3v) is 4.00. The number of hydrogen-bond donors (Lipinski definition) is 2. The smallest absolute Gasteiger partial charge is 0.265 e. The first-order valence-corrected chi connectivity index (χ1v) is 7.00. The molecule has 2 heterocycles. The van der Waals surface area contributed by atoms with Gasteiger partial charge in [-0.3, -0.25) is 19.5 Å². The van der Waals surface area contributed by atoms with Crippen molar-refractivity contribution in [3.05, 3.63) is 54.2 Å². The van der Waals surface area contributed by atoms with E-state index >= 15 is 0 Å². The molecule has 0 aliphatic carbocycles. The van der Waals surface area contributed by atoms with Crippen LogP contribution >= 0.6 is 22.9 Å². The highest BCUT2D eigenvalue weighted by molar-refractivity contribution is 7.16. The van der Waals surface area contributed by atoms with Gasteiger partial charge in [-0.15, -0.1) is 11.3 Å². The summed E-state index contributed by atoms with van der Waals surface area (Å²) in [6.07, 6.45) is 0. The number of hydrogen-bond acceptors (Lipinski definition) is 4. The molecular formula is C12H12ClN3O3S. The summed E-state index contributed by atoms with van der Waals surface area (Å²) >= 11 is 7.20. The molecule has 0 aliphatic rings. The second-order valence-corrected chi connectivity index (χ2v) is 5.91. The molecule has 0 aliphatic heterocycles. The van der Waals surface area contributed by atoms with E-state index in [1.807, 2.05) is 13.0 Å². The lowest BCUT2D eigenvalue weighted by atomic mass is 10.3. The number of nitrogens with one attached hydrogen (secondary N) is 2. The molecule has 2 N–H and O–H groups in total. The van der Waals surface area contributed by atoms with Gasteiger partial charge in [0.2, 0.25) is 5.91 Å². The van der Waals surface area contributed by atoms with Crippen LogP contribution in [0.15, 0.2) is 33.9 Å². The minimum absolute atomic E-state index is 0.217. The number of halogens is 1. The number of thiophene rings is 1. The second kappa shape index (κ2) is 6.06. The average Bonchev–Trinajstić information content (AvgIpc) is 2.80. The summed E-state index contributed by atoms with van der Waals surface area (Å²) in [6.45, 7) is 1.58. The van der Waals surface area contributed by atoms with Crippen molar-refractivity contribution in [3.8, 4) is 0 Å². The minimum atomic E-state index is -0.438. The summed E-state index contributed by atoms with van der Waals surface area (Å²) in [5.41, 5.74) is -0.873. The van der Waals surface area contributed by atoms with Crippen LogP contribution in [-0.4, -0.2) is 15.7 Å². The van der Waals surface area contributed by atoms with Crippen molar-refractivity contribution < 1.29 is 4.79 Å². The number of nitrogens with zero attached hydrogens (tertiary/aromatic N) is 1. The maximum atomic E-state index is 11.8. The lowest BCUT2D eigenvalue weighted by Crippen LogP contribution is -2.36. The molecule has 20 heavy (non-hydrogen) atoms. The number of aromatic amines is 1. The van der Waals surface area contributed by atoms with E-state index in [4.69, 9.17) is 11.6 Å². The maximum Gasteiger partial charge on any atom is 0.265 e. The molecule has 106 valence electrons. The highest BCUT2D eigenvalue weighted by Gasteiger charge is 2.12. The van der Waals surface area contributed by atoms with Crippen LogP contribution in [-0.2, 0) is 11.3 Å². The highest BCUT2D eigenvalue weighted by Crippen LogP contribution is 2.26. The Morgan fingerprint density at radius 1 is 1.40 bits per heavy atom. The number of H-pyrrole nitrogens is 1. The summed E-state index contributed by atoms with van der Waals surface area (Å²) in [4.78, 5) is 35.3. The van der Waals surface area contributed by atoms with Crippen molar-refractivity contribution in [1.82, 2.24) is 15.1 Å². The number of aromatic nitrogens is 2. The predicted octanol–water partition coefficient (Wildman–Crippen LogP) is 1.13. The van der Waals surface area contributed by atoms with Gasteiger partial charge in [0.15, 0.2) is 0 Å². The van der Waals surface area contributed by atoms with Gasteiger partial charge in [0, 0.05) is 17.0 Å². The third kappa shape index (κ3) is 3.58. The minimum Gasteiger partial charge on any atom is -0.347 e. The summed E-state index contributed by atoms with van der Waals surface area (Å²) in [5.74, 6) is -0.369. The van der Waals surface area contributed by atoms with Crippen LogP contribution in [0.4, 0.5) is 0 Å². The molecule has 0 saturated carbocycles. The Balaban J connectivity index is 2.04. The van der Waals surface area contributed by atoms with Crippen LogP contribution in [0.1, 0.15) is 17.8 Å². The fraction of sp³-hybridized carbons (Fsp3) is 0.250. The zero-order chi connectivity index (χ0) is 14.7. The molecule has 0 aromatic carbocycles. The fourth-order valence-electron chi connectivity index (χ4n) is 1.64. The predicted molar refractivity (Wildman–Crippen MR) is 77.2 cm³/mol. The summed E-state index contributed by atoms with van der Waals surface area (Å²) < 4.78 is 1.61. The quantitative estimate of drug-likeness (QED) is 0.887. The zero-order valence-electron chi connectivity index (χ0n) is 10.6.